The molecule has 1 N–H and O–H groups in total. The van der Waals surface area contributed by atoms with Gasteiger partial charge in [-0.25, -0.2) is 4.39 Å². The molecule has 1 atom stereocenters. The molecular weight excluding hydrogens is 487 g/mol. The van der Waals surface area contributed by atoms with Crippen LogP contribution in [0.5, 0.6) is 5.75 Å². The Balaban J connectivity index is 1.75. The molecule has 7 heteroatoms. The van der Waals surface area contributed by atoms with Crippen LogP contribution in [0.1, 0.15) is 32.3 Å². The van der Waals surface area contributed by atoms with Crippen molar-refractivity contribution in [3.8, 4) is 5.75 Å². The van der Waals surface area contributed by atoms with E-state index in [-0.39, 0.29) is 30.8 Å². The SMILES string of the molecule is CCCCNC(=O)[C@@H](C)N(Cc1ccc(F)cc1)C(=O)COc1ccc2ccccc2c1Br. The standard InChI is InChI=1S/C26H28BrFN2O3/c1-3-4-15-29-26(32)18(2)30(16-19-9-12-21(28)13-10-19)24(31)17-33-23-14-11-20-7-5-6-8-22(20)25(23)27/h5-14,18H,3-4,15-17H2,1-2H3,(H,29,32)/t18-/m1/s1. The molecular formula is C26H28BrFN2O3. The Morgan fingerprint density at radius 3 is 2.55 bits per heavy atom. The molecule has 0 saturated heterocycles. The van der Waals surface area contributed by atoms with Crippen LogP contribution in [-0.2, 0) is 16.1 Å². The Hall–Kier alpha value is -2.93. The van der Waals surface area contributed by atoms with E-state index in [0.29, 0.717) is 12.3 Å². The van der Waals surface area contributed by atoms with Gasteiger partial charge in [0.25, 0.3) is 5.91 Å². The van der Waals surface area contributed by atoms with Crippen LogP contribution in [0.3, 0.4) is 0 Å². The van der Waals surface area contributed by atoms with E-state index in [4.69, 9.17) is 4.74 Å². The van der Waals surface area contributed by atoms with Crippen LogP contribution in [-0.4, -0.2) is 35.9 Å². The maximum Gasteiger partial charge on any atom is 0.261 e. The maximum atomic E-state index is 13.3. The first-order chi connectivity index (χ1) is 15.9. The quantitative estimate of drug-likeness (QED) is 0.365. The zero-order valence-corrected chi connectivity index (χ0v) is 20.4. The highest BCUT2D eigenvalue weighted by Crippen LogP contribution is 2.33. The van der Waals surface area contributed by atoms with Gasteiger partial charge in [-0.3, -0.25) is 9.59 Å². The van der Waals surface area contributed by atoms with E-state index in [1.165, 1.54) is 17.0 Å². The maximum absolute atomic E-state index is 13.3. The average Bonchev–Trinajstić information content (AvgIpc) is 2.83. The monoisotopic (exact) mass is 514 g/mol. The smallest absolute Gasteiger partial charge is 0.261 e. The number of benzene rings is 3. The topological polar surface area (TPSA) is 58.6 Å². The molecule has 0 fully saturated rings. The minimum absolute atomic E-state index is 0.170. The third kappa shape index (κ3) is 6.54. The summed E-state index contributed by atoms with van der Waals surface area (Å²) in [6.07, 6.45) is 1.82. The lowest BCUT2D eigenvalue weighted by Crippen LogP contribution is -2.49. The number of hydrogen-bond donors (Lipinski definition) is 1. The number of rotatable bonds is 10. The summed E-state index contributed by atoms with van der Waals surface area (Å²) in [5, 5.41) is 4.91. The van der Waals surface area contributed by atoms with Crippen molar-refractivity contribution in [2.45, 2.75) is 39.3 Å². The summed E-state index contributed by atoms with van der Waals surface area (Å²) >= 11 is 3.57. The van der Waals surface area contributed by atoms with Gasteiger partial charge in [0.1, 0.15) is 17.6 Å². The largest absolute Gasteiger partial charge is 0.483 e. The molecule has 0 radical (unpaired) electrons. The van der Waals surface area contributed by atoms with Crippen molar-refractivity contribution in [3.05, 3.63) is 76.5 Å². The molecule has 0 spiro atoms. The van der Waals surface area contributed by atoms with Gasteiger partial charge in [-0.15, -0.1) is 0 Å². The zero-order chi connectivity index (χ0) is 23.8. The number of amides is 2. The fourth-order valence-electron chi connectivity index (χ4n) is 3.45. The van der Waals surface area contributed by atoms with Crippen LogP contribution >= 0.6 is 15.9 Å². The predicted octanol–water partition coefficient (Wildman–Crippen LogP) is 5.45. The van der Waals surface area contributed by atoms with Gasteiger partial charge in [-0.05, 0) is 63.8 Å². The highest BCUT2D eigenvalue weighted by Gasteiger charge is 2.26. The van der Waals surface area contributed by atoms with E-state index >= 15 is 0 Å². The van der Waals surface area contributed by atoms with Gasteiger partial charge >= 0.3 is 0 Å². The fourth-order valence-corrected chi connectivity index (χ4v) is 4.06. The van der Waals surface area contributed by atoms with Gasteiger partial charge in [0.15, 0.2) is 6.61 Å². The Kier molecular flexibility index (Phi) is 8.83. The Labute approximate surface area is 202 Å². The molecule has 3 aromatic carbocycles. The van der Waals surface area contributed by atoms with Gasteiger partial charge in [0.2, 0.25) is 5.91 Å². The van der Waals surface area contributed by atoms with E-state index in [1.54, 1.807) is 19.1 Å². The third-order valence-electron chi connectivity index (χ3n) is 5.44. The van der Waals surface area contributed by atoms with Crippen LogP contribution in [0.4, 0.5) is 4.39 Å². The van der Waals surface area contributed by atoms with E-state index in [2.05, 4.69) is 21.2 Å². The molecule has 0 aromatic heterocycles. The summed E-state index contributed by atoms with van der Waals surface area (Å²) in [6, 6.07) is 16.8. The molecule has 33 heavy (non-hydrogen) atoms. The van der Waals surface area contributed by atoms with Crippen molar-refractivity contribution in [2.75, 3.05) is 13.2 Å². The van der Waals surface area contributed by atoms with E-state index in [1.807, 2.05) is 43.3 Å². The molecule has 3 rings (SSSR count). The van der Waals surface area contributed by atoms with Crippen LogP contribution in [0.25, 0.3) is 10.8 Å². The lowest BCUT2D eigenvalue weighted by atomic mass is 10.1. The minimum Gasteiger partial charge on any atom is -0.483 e. The van der Waals surface area contributed by atoms with Crippen molar-refractivity contribution in [1.82, 2.24) is 10.2 Å². The van der Waals surface area contributed by atoms with Crippen LogP contribution in [0, 0.1) is 5.82 Å². The summed E-state index contributed by atoms with van der Waals surface area (Å²) in [5.74, 6) is -0.376. The second-order valence-corrected chi connectivity index (χ2v) is 8.65. The first-order valence-electron chi connectivity index (χ1n) is 11.0. The summed E-state index contributed by atoms with van der Waals surface area (Å²) in [7, 11) is 0. The molecule has 0 heterocycles. The first-order valence-corrected chi connectivity index (χ1v) is 11.8. The second kappa shape index (κ2) is 11.8. The number of nitrogens with zero attached hydrogens (tertiary/aromatic N) is 1. The highest BCUT2D eigenvalue weighted by atomic mass is 79.9. The lowest BCUT2D eigenvalue weighted by molar-refractivity contribution is -0.142. The van der Waals surface area contributed by atoms with Crippen molar-refractivity contribution >= 4 is 38.5 Å². The molecule has 0 bridgehead atoms. The molecule has 0 aliphatic rings. The molecule has 0 saturated carbocycles. The molecule has 3 aromatic rings. The normalized spacial score (nSPS) is 11.8. The van der Waals surface area contributed by atoms with Gasteiger partial charge in [0.05, 0.1) is 4.47 Å². The number of nitrogens with one attached hydrogen (secondary N) is 1. The van der Waals surface area contributed by atoms with E-state index in [9.17, 15) is 14.0 Å². The Bertz CT molecular complexity index is 1100. The van der Waals surface area contributed by atoms with Gasteiger partial charge in [0, 0.05) is 13.1 Å². The van der Waals surface area contributed by atoms with Crippen LogP contribution in [0.2, 0.25) is 0 Å². The van der Waals surface area contributed by atoms with Crippen molar-refractivity contribution in [3.63, 3.8) is 0 Å². The molecule has 0 aliphatic carbocycles. The average molecular weight is 515 g/mol. The van der Waals surface area contributed by atoms with Crippen molar-refractivity contribution in [2.24, 2.45) is 0 Å². The van der Waals surface area contributed by atoms with Gasteiger partial charge < -0.3 is 15.0 Å². The van der Waals surface area contributed by atoms with E-state index < -0.39 is 6.04 Å². The minimum atomic E-state index is -0.706. The number of carbonyl (C=O) groups excluding carboxylic acids is 2. The summed E-state index contributed by atoms with van der Waals surface area (Å²) in [5.41, 5.74) is 0.727. The highest BCUT2D eigenvalue weighted by molar-refractivity contribution is 9.10. The summed E-state index contributed by atoms with van der Waals surface area (Å²) < 4.78 is 19.9. The molecule has 0 aliphatic heterocycles. The fraction of sp³-hybridized carbons (Fsp3) is 0.308. The van der Waals surface area contributed by atoms with Gasteiger partial charge in [-0.1, -0.05) is 55.8 Å². The summed E-state index contributed by atoms with van der Waals surface area (Å²) in [6.45, 7) is 4.23. The zero-order valence-electron chi connectivity index (χ0n) is 18.8. The summed E-state index contributed by atoms with van der Waals surface area (Å²) in [4.78, 5) is 27.3. The third-order valence-corrected chi connectivity index (χ3v) is 6.26. The van der Waals surface area contributed by atoms with Crippen molar-refractivity contribution < 1.29 is 18.7 Å². The number of hydrogen-bond acceptors (Lipinski definition) is 3. The molecule has 5 nitrogen and oxygen atoms in total. The molecule has 2 amide bonds. The van der Waals surface area contributed by atoms with E-state index in [0.717, 1.165) is 33.7 Å². The van der Waals surface area contributed by atoms with Crippen molar-refractivity contribution in [1.29, 1.82) is 0 Å². The number of carbonyl (C=O) groups is 2. The Morgan fingerprint density at radius 2 is 1.82 bits per heavy atom. The predicted molar refractivity (Wildman–Crippen MR) is 131 cm³/mol. The molecule has 0 unspecified atom stereocenters. The second-order valence-electron chi connectivity index (χ2n) is 7.86. The Morgan fingerprint density at radius 1 is 1.09 bits per heavy atom. The first kappa shape index (κ1) is 24.7. The van der Waals surface area contributed by atoms with Crippen LogP contribution < -0.4 is 10.1 Å². The number of fused-ring (bicyclic) bond motifs is 1. The molecule has 174 valence electrons. The van der Waals surface area contributed by atoms with Crippen LogP contribution in [0.15, 0.2) is 65.1 Å². The lowest BCUT2D eigenvalue weighted by Gasteiger charge is -2.29. The number of halogens is 2. The number of unbranched alkanes of at least 4 members (excludes halogenated alkanes) is 1. The van der Waals surface area contributed by atoms with Gasteiger partial charge in [-0.2, -0.15) is 0 Å². The number of ether oxygens (including phenoxy) is 1.